The van der Waals surface area contributed by atoms with E-state index >= 15 is 0 Å². The van der Waals surface area contributed by atoms with Gasteiger partial charge < -0.3 is 47.4 Å². The van der Waals surface area contributed by atoms with Crippen molar-refractivity contribution >= 4 is 0 Å². The van der Waals surface area contributed by atoms with Crippen molar-refractivity contribution in [2.24, 2.45) is 0 Å². The molecule has 0 aromatic heterocycles. The van der Waals surface area contributed by atoms with Gasteiger partial charge in [-0.2, -0.15) is 0 Å². The van der Waals surface area contributed by atoms with Gasteiger partial charge in [-0.1, -0.05) is 145 Å². The van der Waals surface area contributed by atoms with Crippen LogP contribution in [0, 0.1) is 0 Å². The molecule has 0 bridgehead atoms. The van der Waals surface area contributed by atoms with E-state index in [2.05, 4.69) is 174 Å². The third-order valence-electron chi connectivity index (χ3n) is 14.5. The molecule has 0 atom stereocenters. The Hall–Kier alpha value is -6.36. The van der Waals surface area contributed by atoms with Crippen LogP contribution >= 0.6 is 0 Å². The topological polar surface area (TPSA) is 92.3 Å². The van der Waals surface area contributed by atoms with E-state index in [1.54, 1.807) is 0 Å². The second kappa shape index (κ2) is 31.6. The van der Waals surface area contributed by atoms with Crippen LogP contribution in [-0.2, 0) is 35.3 Å². The Balaban J connectivity index is 0.000000155. The van der Waals surface area contributed by atoms with Crippen molar-refractivity contribution in [2.45, 2.75) is 165 Å². The summed E-state index contributed by atoms with van der Waals surface area (Å²) < 4.78 is 54.3. The molecule has 6 aliphatic heterocycles. The lowest BCUT2D eigenvalue weighted by Crippen LogP contribution is -2.15. The van der Waals surface area contributed by atoms with Crippen LogP contribution in [-0.4, -0.2) is 59.8 Å². The van der Waals surface area contributed by atoms with Gasteiger partial charge in [0, 0.05) is 18.4 Å². The van der Waals surface area contributed by atoms with Crippen molar-refractivity contribution in [3.63, 3.8) is 0 Å². The Morgan fingerprint density at radius 1 is 0.263 bits per heavy atom. The van der Waals surface area contributed by atoms with E-state index in [0.717, 1.165) is 110 Å². The standard InChI is InChI=1S/2C12H16O2.C12H16O.2C11H14O2.C11H14O.CH4/c1-9(2)10-4-5-11-12(8-10)14-7-3-6-13-11;1-9(2)10-3-4-12-11(7-10)5-6-13-8-14-12;1-9(2)10-5-6-12-11(8-10)4-3-7-13-12;1-8(2)9-3-4-11-10(5-9)6-12-7-13-11;1-8(2)9-3-4-10-11(7-9)13-6-5-12-10;1-8(2)9-3-4-11-10(7-9)5-6-12-11;/h4-5,8-9H,3,6-7H2,1-2H3;3-4,7,9H,5-6,8H2,1-2H3;5-6,8-9H,3-4,7H2,1-2H3;3-5,8H,6-7H2,1-2H3;3-4,7-8H,5-6H2,1-2H3;3-4,7-8H,5-6H2,1-2H3;1H4. The van der Waals surface area contributed by atoms with Crippen LogP contribution in [0.3, 0.4) is 0 Å². The Bertz CT molecular complexity index is 2610. The molecule has 0 aliphatic carbocycles. The van der Waals surface area contributed by atoms with Crippen molar-refractivity contribution in [1.29, 1.82) is 0 Å². The number of rotatable bonds is 6. The average Bonchev–Trinajstić information content (AvgIpc) is 3.64. The van der Waals surface area contributed by atoms with Crippen LogP contribution in [0.2, 0.25) is 0 Å². The second-order valence-electron chi connectivity index (χ2n) is 22.6. The molecule has 0 spiro atoms. The maximum Gasteiger partial charge on any atom is 0.189 e. The summed E-state index contributed by atoms with van der Waals surface area (Å²) in [5.74, 6) is 11.1. The number of aryl methyl sites for hydroxylation is 1. The molecule has 10 nitrogen and oxygen atoms in total. The number of fused-ring (bicyclic) bond motifs is 6. The summed E-state index contributed by atoms with van der Waals surface area (Å²) in [4.78, 5) is 0. The minimum atomic E-state index is 0. The highest BCUT2D eigenvalue weighted by Gasteiger charge is 2.17. The van der Waals surface area contributed by atoms with Gasteiger partial charge in [-0.3, -0.25) is 0 Å². The van der Waals surface area contributed by atoms with Gasteiger partial charge in [0.15, 0.2) is 36.6 Å². The summed E-state index contributed by atoms with van der Waals surface area (Å²) in [6.45, 7) is 33.2. The third-order valence-corrected chi connectivity index (χ3v) is 14.5. The van der Waals surface area contributed by atoms with Crippen molar-refractivity contribution in [3.8, 4) is 46.0 Å². The lowest BCUT2D eigenvalue weighted by atomic mass is 9.97. The lowest BCUT2D eigenvalue weighted by Gasteiger charge is -2.19. The molecule has 6 aliphatic rings. The van der Waals surface area contributed by atoms with Gasteiger partial charge in [-0.25, -0.2) is 0 Å². The van der Waals surface area contributed by atoms with E-state index in [0.29, 0.717) is 68.9 Å². The molecular formula is C70H94O10. The molecule has 0 amide bonds. The molecule has 6 heterocycles. The molecule has 6 aromatic carbocycles. The van der Waals surface area contributed by atoms with E-state index in [1.807, 2.05) is 18.2 Å². The summed E-state index contributed by atoms with van der Waals surface area (Å²) in [6, 6.07) is 38.2. The SMILES string of the molecule is C.CC(C)c1ccc2c(c1)CCCO2.CC(C)c1ccc2c(c1)CCO2.CC(C)c1ccc2c(c1)CCOCO2.CC(C)c1ccc2c(c1)COCO2.CC(C)c1ccc2c(c1)OCCCO2.CC(C)c1ccc2c(c1)OCCO2. The zero-order valence-electron chi connectivity index (χ0n) is 49.5. The van der Waals surface area contributed by atoms with Crippen molar-refractivity contribution in [1.82, 2.24) is 0 Å². The number of hydrogen-bond donors (Lipinski definition) is 0. The van der Waals surface area contributed by atoms with Crippen LogP contribution in [0.1, 0.15) is 194 Å². The van der Waals surface area contributed by atoms with Crippen LogP contribution < -0.4 is 37.9 Å². The molecule has 6 aromatic rings. The van der Waals surface area contributed by atoms with Crippen molar-refractivity contribution in [3.05, 3.63) is 165 Å². The van der Waals surface area contributed by atoms with Crippen molar-refractivity contribution < 1.29 is 47.4 Å². The highest BCUT2D eigenvalue weighted by Crippen LogP contribution is 2.35. The number of ether oxygens (including phenoxy) is 10. The first-order valence-electron chi connectivity index (χ1n) is 29.1. The third kappa shape index (κ3) is 18.6. The van der Waals surface area contributed by atoms with E-state index in [1.165, 1.54) is 56.5 Å². The normalized spacial score (nSPS) is 15.0. The first-order chi connectivity index (χ1) is 38.1. The Kier molecular flexibility index (Phi) is 24.8. The van der Waals surface area contributed by atoms with Crippen LogP contribution in [0.5, 0.6) is 46.0 Å². The van der Waals surface area contributed by atoms with E-state index in [4.69, 9.17) is 47.4 Å². The molecular weight excluding hydrogens is 1000 g/mol. The quantitative estimate of drug-likeness (QED) is 0.161. The predicted molar refractivity (Wildman–Crippen MR) is 325 cm³/mol. The van der Waals surface area contributed by atoms with Gasteiger partial charge in [-0.15, -0.1) is 0 Å². The largest absolute Gasteiger partial charge is 0.493 e. The minimum absolute atomic E-state index is 0. The summed E-state index contributed by atoms with van der Waals surface area (Å²) in [7, 11) is 0. The van der Waals surface area contributed by atoms with Gasteiger partial charge in [0.05, 0.1) is 39.6 Å². The fourth-order valence-electron chi connectivity index (χ4n) is 9.37. The first kappa shape index (κ1) is 62.8. The molecule has 12 rings (SSSR count). The zero-order chi connectivity index (χ0) is 56.3. The predicted octanol–water partition coefficient (Wildman–Crippen LogP) is 17.5. The summed E-state index contributed by atoms with van der Waals surface area (Å²) >= 11 is 0. The molecule has 0 fully saturated rings. The summed E-state index contributed by atoms with van der Waals surface area (Å²) in [5.41, 5.74) is 13.3. The van der Waals surface area contributed by atoms with Gasteiger partial charge >= 0.3 is 0 Å². The van der Waals surface area contributed by atoms with Gasteiger partial charge in [0.2, 0.25) is 0 Å². The zero-order valence-corrected chi connectivity index (χ0v) is 49.5. The summed E-state index contributed by atoms with van der Waals surface area (Å²) in [5, 5.41) is 0. The van der Waals surface area contributed by atoms with Gasteiger partial charge in [-0.05, 0) is 159 Å². The lowest BCUT2D eigenvalue weighted by molar-refractivity contribution is -0.0164. The number of hydrogen-bond acceptors (Lipinski definition) is 10. The smallest absolute Gasteiger partial charge is 0.189 e. The second-order valence-corrected chi connectivity index (χ2v) is 22.6. The van der Waals surface area contributed by atoms with Gasteiger partial charge in [0.1, 0.15) is 36.2 Å². The molecule has 0 saturated heterocycles. The molecule has 0 saturated carbocycles. The highest BCUT2D eigenvalue weighted by molar-refractivity contribution is 5.46. The molecule has 80 heavy (non-hydrogen) atoms. The first-order valence-corrected chi connectivity index (χ1v) is 29.1. The maximum absolute atomic E-state index is 5.61. The van der Waals surface area contributed by atoms with Crippen LogP contribution in [0.4, 0.5) is 0 Å². The van der Waals surface area contributed by atoms with Crippen LogP contribution in [0.25, 0.3) is 0 Å². The fourth-order valence-corrected chi connectivity index (χ4v) is 9.37. The summed E-state index contributed by atoms with van der Waals surface area (Å²) in [6.07, 6.45) is 5.34. The maximum atomic E-state index is 5.61. The number of benzene rings is 6. The van der Waals surface area contributed by atoms with Crippen molar-refractivity contribution in [2.75, 3.05) is 59.8 Å². The molecule has 434 valence electrons. The Morgan fingerprint density at radius 3 is 1.05 bits per heavy atom. The monoisotopic (exact) mass is 1090 g/mol. The van der Waals surface area contributed by atoms with Gasteiger partial charge in [0.25, 0.3) is 0 Å². The van der Waals surface area contributed by atoms with E-state index < -0.39 is 0 Å². The molecule has 10 heteroatoms. The van der Waals surface area contributed by atoms with E-state index in [-0.39, 0.29) is 7.43 Å². The molecule has 0 unspecified atom stereocenters. The Morgan fingerprint density at radius 2 is 0.575 bits per heavy atom. The van der Waals surface area contributed by atoms with Crippen LogP contribution in [0.15, 0.2) is 109 Å². The molecule has 0 N–H and O–H groups in total. The fraction of sp³-hybridized carbons (Fsp3) is 0.486. The minimum Gasteiger partial charge on any atom is -0.493 e. The van der Waals surface area contributed by atoms with E-state index in [9.17, 15) is 0 Å². The molecule has 0 radical (unpaired) electrons. The average molecular weight is 1100 g/mol. The highest BCUT2D eigenvalue weighted by atomic mass is 16.7. The Labute approximate surface area is 480 Å².